The molecule has 2 heterocycles. The minimum Gasteiger partial charge on any atom is -0.493 e. The van der Waals surface area contributed by atoms with Gasteiger partial charge in [0.25, 0.3) is 5.91 Å². The van der Waals surface area contributed by atoms with Gasteiger partial charge in [0.2, 0.25) is 0 Å². The number of benzene rings is 2. The first-order valence-corrected chi connectivity index (χ1v) is 12.3. The molecule has 1 aromatic heterocycles. The second-order valence-electron chi connectivity index (χ2n) is 7.96. The van der Waals surface area contributed by atoms with Crippen molar-refractivity contribution in [3.63, 3.8) is 0 Å². The van der Waals surface area contributed by atoms with Crippen LogP contribution >= 0.6 is 11.8 Å². The highest BCUT2D eigenvalue weighted by molar-refractivity contribution is 8.14. The molecule has 0 aliphatic carbocycles. The molecule has 1 N–H and O–H groups in total. The Morgan fingerprint density at radius 2 is 1.95 bits per heavy atom. The Labute approximate surface area is 216 Å². The number of halogens is 2. The van der Waals surface area contributed by atoms with Gasteiger partial charge in [-0.3, -0.25) is 14.6 Å². The van der Waals surface area contributed by atoms with Crippen molar-refractivity contribution in [3.05, 3.63) is 83.7 Å². The molecular formula is C26H24F2N4O4S. The van der Waals surface area contributed by atoms with Crippen LogP contribution in [0.15, 0.2) is 72.1 Å². The van der Waals surface area contributed by atoms with Crippen molar-refractivity contribution in [2.24, 2.45) is 5.10 Å². The van der Waals surface area contributed by atoms with Gasteiger partial charge in [0.1, 0.15) is 0 Å². The Kier molecular flexibility index (Phi) is 8.34. The van der Waals surface area contributed by atoms with E-state index in [2.05, 4.69) is 20.1 Å². The van der Waals surface area contributed by atoms with Gasteiger partial charge in [-0.1, -0.05) is 30.8 Å². The lowest BCUT2D eigenvalue weighted by atomic mass is 10.0. The van der Waals surface area contributed by atoms with E-state index in [0.717, 1.165) is 17.3 Å². The predicted molar refractivity (Wildman–Crippen MR) is 137 cm³/mol. The quantitative estimate of drug-likeness (QED) is 0.379. The van der Waals surface area contributed by atoms with Gasteiger partial charge in [0.15, 0.2) is 11.5 Å². The predicted octanol–water partition coefficient (Wildman–Crippen LogP) is 5.80. The van der Waals surface area contributed by atoms with E-state index in [4.69, 9.17) is 4.74 Å². The SMILES string of the molecule is CCC1SC(=O)N(Cc2ccc(NC(=O)c3cccnc3)cc2)N=C1c1ccc(OC(F)F)c(OC)c1. The van der Waals surface area contributed by atoms with E-state index in [0.29, 0.717) is 28.9 Å². The van der Waals surface area contributed by atoms with Crippen molar-refractivity contribution >= 4 is 34.3 Å². The third-order valence-electron chi connectivity index (χ3n) is 5.50. The van der Waals surface area contributed by atoms with Crippen LogP contribution in [0.1, 0.15) is 34.8 Å². The summed E-state index contributed by atoms with van der Waals surface area (Å²) in [7, 11) is 1.37. The van der Waals surface area contributed by atoms with E-state index in [9.17, 15) is 18.4 Å². The van der Waals surface area contributed by atoms with Crippen LogP contribution in [0.2, 0.25) is 0 Å². The number of ether oxygens (including phenoxy) is 2. The second kappa shape index (κ2) is 11.8. The maximum Gasteiger partial charge on any atom is 0.387 e. The summed E-state index contributed by atoms with van der Waals surface area (Å²) in [6.07, 6.45) is 3.72. The van der Waals surface area contributed by atoms with E-state index in [1.54, 1.807) is 54.7 Å². The van der Waals surface area contributed by atoms with Crippen molar-refractivity contribution < 1.29 is 27.8 Å². The fourth-order valence-electron chi connectivity index (χ4n) is 3.68. The van der Waals surface area contributed by atoms with Crippen LogP contribution in [0, 0.1) is 0 Å². The molecule has 8 nitrogen and oxygen atoms in total. The summed E-state index contributed by atoms with van der Waals surface area (Å²) in [6.45, 7) is -0.819. The number of rotatable bonds is 9. The number of nitrogens with one attached hydrogen (secondary N) is 1. The maximum atomic E-state index is 12.8. The molecule has 2 amide bonds. The van der Waals surface area contributed by atoms with E-state index < -0.39 is 6.61 Å². The zero-order valence-corrected chi connectivity index (χ0v) is 20.9. The molecule has 1 aliphatic rings. The molecule has 2 aromatic carbocycles. The highest BCUT2D eigenvalue weighted by Gasteiger charge is 2.30. The summed E-state index contributed by atoms with van der Waals surface area (Å²) in [6, 6.07) is 15.1. The van der Waals surface area contributed by atoms with Crippen LogP contribution in [0.4, 0.5) is 19.3 Å². The first-order valence-electron chi connectivity index (χ1n) is 11.4. The number of pyridine rings is 1. The topological polar surface area (TPSA) is 93.1 Å². The highest BCUT2D eigenvalue weighted by atomic mass is 32.2. The summed E-state index contributed by atoms with van der Waals surface area (Å²) < 4.78 is 35.1. The molecule has 1 unspecified atom stereocenters. The van der Waals surface area contributed by atoms with Crippen LogP contribution in [0.5, 0.6) is 11.5 Å². The molecule has 37 heavy (non-hydrogen) atoms. The van der Waals surface area contributed by atoms with Crippen LogP contribution < -0.4 is 14.8 Å². The lowest BCUT2D eigenvalue weighted by molar-refractivity contribution is -0.0512. The molecule has 0 saturated heterocycles. The van der Waals surface area contributed by atoms with Gasteiger partial charge in [0.05, 0.1) is 30.2 Å². The van der Waals surface area contributed by atoms with Gasteiger partial charge in [0, 0.05) is 23.6 Å². The average molecular weight is 527 g/mol. The van der Waals surface area contributed by atoms with Gasteiger partial charge >= 0.3 is 11.9 Å². The van der Waals surface area contributed by atoms with Crippen molar-refractivity contribution in [2.75, 3.05) is 12.4 Å². The zero-order valence-electron chi connectivity index (χ0n) is 20.1. The molecule has 1 atom stereocenters. The molecular weight excluding hydrogens is 502 g/mol. The van der Waals surface area contributed by atoms with Crippen LogP contribution in [0.25, 0.3) is 0 Å². The number of hydrazone groups is 1. The summed E-state index contributed by atoms with van der Waals surface area (Å²) in [4.78, 5) is 29.1. The van der Waals surface area contributed by atoms with E-state index in [1.807, 2.05) is 6.92 Å². The summed E-state index contributed by atoms with van der Waals surface area (Å²) in [5.41, 5.74) is 3.13. The number of carbonyl (C=O) groups is 2. The normalized spacial score (nSPS) is 15.4. The first-order chi connectivity index (χ1) is 17.9. The molecule has 1 aliphatic heterocycles. The monoisotopic (exact) mass is 526 g/mol. The lowest BCUT2D eigenvalue weighted by Gasteiger charge is -2.28. The molecule has 0 bridgehead atoms. The van der Waals surface area contributed by atoms with Gasteiger partial charge in [-0.2, -0.15) is 13.9 Å². The number of hydrogen-bond acceptors (Lipinski definition) is 7. The fourth-order valence-corrected chi connectivity index (χ4v) is 4.61. The molecule has 0 saturated carbocycles. The Morgan fingerprint density at radius 1 is 1.16 bits per heavy atom. The molecule has 0 radical (unpaired) electrons. The molecule has 0 spiro atoms. The van der Waals surface area contributed by atoms with Gasteiger partial charge in [-0.25, -0.2) is 5.01 Å². The Balaban J connectivity index is 1.52. The molecule has 192 valence electrons. The average Bonchev–Trinajstić information content (AvgIpc) is 2.91. The molecule has 11 heteroatoms. The van der Waals surface area contributed by atoms with E-state index in [1.165, 1.54) is 24.4 Å². The number of carbonyl (C=O) groups excluding carboxylic acids is 2. The maximum absolute atomic E-state index is 12.8. The third kappa shape index (κ3) is 6.42. The Bertz CT molecular complexity index is 1290. The Morgan fingerprint density at radius 3 is 2.59 bits per heavy atom. The Hall–Kier alpha value is -3.99. The molecule has 3 aromatic rings. The van der Waals surface area contributed by atoms with Crippen LogP contribution in [-0.2, 0) is 6.54 Å². The standard InChI is InChI=1S/C26H24F2N4O4S/c1-3-22-23(17-8-11-20(36-25(27)28)21(13-17)35-2)31-32(26(34)37-22)15-16-6-9-19(10-7-16)30-24(33)18-5-4-12-29-14-18/h4-14,22,25H,3,15H2,1-2H3,(H,30,33). The number of anilines is 1. The van der Waals surface area contributed by atoms with Gasteiger partial charge < -0.3 is 14.8 Å². The smallest absolute Gasteiger partial charge is 0.387 e. The number of alkyl halides is 2. The van der Waals surface area contributed by atoms with Crippen molar-refractivity contribution in [1.29, 1.82) is 0 Å². The highest BCUT2D eigenvalue weighted by Crippen LogP contribution is 2.34. The second-order valence-corrected chi connectivity index (χ2v) is 9.11. The summed E-state index contributed by atoms with van der Waals surface area (Å²) in [5.74, 6) is -0.210. The first kappa shape index (κ1) is 26.1. The number of thioether (sulfide) groups is 1. The number of aromatic nitrogens is 1. The van der Waals surface area contributed by atoms with Gasteiger partial charge in [-0.15, -0.1) is 0 Å². The zero-order chi connectivity index (χ0) is 26.4. The minimum absolute atomic E-state index is 0.0815. The number of nitrogens with zero attached hydrogens (tertiary/aromatic N) is 3. The summed E-state index contributed by atoms with van der Waals surface area (Å²) in [5, 5.41) is 8.38. The number of methoxy groups -OCH3 is 1. The summed E-state index contributed by atoms with van der Waals surface area (Å²) >= 11 is 1.16. The van der Waals surface area contributed by atoms with Gasteiger partial charge in [-0.05, 0) is 54.4 Å². The molecule has 4 rings (SSSR count). The third-order valence-corrected chi connectivity index (χ3v) is 6.75. The van der Waals surface area contributed by atoms with Crippen LogP contribution in [-0.4, -0.2) is 45.8 Å². The lowest BCUT2D eigenvalue weighted by Crippen LogP contribution is -2.34. The largest absolute Gasteiger partial charge is 0.493 e. The fraction of sp³-hybridized carbons (Fsp3) is 0.231. The number of hydrogen-bond donors (Lipinski definition) is 1. The van der Waals surface area contributed by atoms with Crippen LogP contribution in [0.3, 0.4) is 0 Å². The van der Waals surface area contributed by atoms with E-state index >= 15 is 0 Å². The van der Waals surface area contributed by atoms with Crippen molar-refractivity contribution in [1.82, 2.24) is 9.99 Å². The van der Waals surface area contributed by atoms with Crippen molar-refractivity contribution in [2.45, 2.75) is 31.8 Å². The van der Waals surface area contributed by atoms with E-state index in [-0.39, 0.29) is 34.4 Å². The number of amides is 2. The minimum atomic E-state index is -2.98. The molecule has 0 fully saturated rings. The van der Waals surface area contributed by atoms with Crippen molar-refractivity contribution in [3.8, 4) is 11.5 Å².